The molecule has 1 atom stereocenters. The van der Waals surface area contributed by atoms with Gasteiger partial charge in [-0.2, -0.15) is 0 Å². The molecule has 10 heteroatoms. The molecule has 1 heterocycles. The Hall–Kier alpha value is -2.56. The van der Waals surface area contributed by atoms with E-state index in [0.29, 0.717) is 5.69 Å². The number of benzene rings is 2. The Labute approximate surface area is 169 Å². The molecule has 0 aliphatic carbocycles. The summed E-state index contributed by atoms with van der Waals surface area (Å²) in [6.07, 6.45) is 1.40. The van der Waals surface area contributed by atoms with Gasteiger partial charge in [0.2, 0.25) is 10.0 Å². The number of carbonyl (C=O) groups is 1. The summed E-state index contributed by atoms with van der Waals surface area (Å²) in [6.45, 7) is 0. The van der Waals surface area contributed by atoms with Crippen molar-refractivity contribution < 1.29 is 26.0 Å². The molecule has 0 saturated carbocycles. The van der Waals surface area contributed by atoms with Gasteiger partial charge in [0.05, 0.1) is 16.7 Å². The fraction of sp³-hybridized carbons (Fsp3) is 0.211. The molecule has 0 spiro atoms. The van der Waals surface area contributed by atoms with Crippen LogP contribution in [0.2, 0.25) is 0 Å². The number of rotatable bonds is 5. The van der Waals surface area contributed by atoms with Crippen LogP contribution in [-0.4, -0.2) is 52.9 Å². The highest BCUT2D eigenvalue weighted by Crippen LogP contribution is 2.26. The maximum atomic E-state index is 13.3. The van der Waals surface area contributed by atoms with Gasteiger partial charge in [-0.1, -0.05) is 0 Å². The second-order valence-electron chi connectivity index (χ2n) is 6.69. The van der Waals surface area contributed by atoms with Gasteiger partial charge in [0, 0.05) is 30.8 Å². The highest BCUT2D eigenvalue weighted by Gasteiger charge is 2.32. The zero-order valence-corrected chi connectivity index (χ0v) is 17.3. The molecular weight excluding hydrogens is 419 g/mol. The van der Waals surface area contributed by atoms with Crippen LogP contribution < -0.4 is 4.90 Å². The number of anilines is 1. The van der Waals surface area contributed by atoms with E-state index in [9.17, 15) is 26.0 Å². The maximum absolute atomic E-state index is 13.3. The largest absolute Gasteiger partial charge is 0.300 e. The normalized spacial score (nSPS) is 18.1. The van der Waals surface area contributed by atoms with Crippen molar-refractivity contribution in [1.29, 1.82) is 0 Å². The van der Waals surface area contributed by atoms with E-state index in [0.717, 1.165) is 9.71 Å². The molecule has 2 aromatic carbocycles. The van der Waals surface area contributed by atoms with Gasteiger partial charge in [-0.05, 0) is 54.6 Å². The van der Waals surface area contributed by atoms with E-state index in [-0.39, 0.29) is 16.2 Å². The highest BCUT2D eigenvalue weighted by molar-refractivity contribution is 7.94. The van der Waals surface area contributed by atoms with Crippen LogP contribution in [0.25, 0.3) is 0 Å². The molecule has 7 nitrogen and oxygen atoms in total. The smallest absolute Gasteiger partial charge is 0.258 e. The molecule has 154 valence electrons. The zero-order valence-electron chi connectivity index (χ0n) is 15.7. The molecule has 0 radical (unpaired) electrons. The Kier molecular flexibility index (Phi) is 5.61. The number of hydrogen-bond donors (Lipinski definition) is 0. The van der Waals surface area contributed by atoms with Gasteiger partial charge in [-0.25, -0.2) is 25.5 Å². The molecule has 29 heavy (non-hydrogen) atoms. The van der Waals surface area contributed by atoms with Crippen molar-refractivity contribution in [3.63, 3.8) is 0 Å². The molecule has 2 aromatic rings. The first-order chi connectivity index (χ1) is 13.5. The lowest BCUT2D eigenvalue weighted by Gasteiger charge is -2.28. The van der Waals surface area contributed by atoms with Crippen LogP contribution in [0.1, 0.15) is 10.4 Å². The molecule has 0 saturated heterocycles. The number of amides is 1. The van der Waals surface area contributed by atoms with Gasteiger partial charge in [0.15, 0.2) is 9.84 Å². The van der Waals surface area contributed by atoms with Crippen LogP contribution in [-0.2, 0) is 19.9 Å². The number of hydrogen-bond acceptors (Lipinski definition) is 5. The van der Waals surface area contributed by atoms with Gasteiger partial charge in [-0.3, -0.25) is 4.79 Å². The molecule has 1 aliphatic rings. The average molecular weight is 439 g/mol. The fourth-order valence-corrected chi connectivity index (χ4v) is 5.07. The summed E-state index contributed by atoms with van der Waals surface area (Å²) < 4.78 is 62.5. The number of nitrogens with zero attached hydrogens (tertiary/aromatic N) is 2. The Morgan fingerprint density at radius 2 is 1.62 bits per heavy atom. The van der Waals surface area contributed by atoms with Crippen molar-refractivity contribution in [1.82, 2.24) is 4.31 Å². The Morgan fingerprint density at radius 3 is 2.10 bits per heavy atom. The summed E-state index contributed by atoms with van der Waals surface area (Å²) in [6, 6.07) is 9.71. The van der Waals surface area contributed by atoms with Crippen LogP contribution >= 0.6 is 0 Å². The molecule has 0 fully saturated rings. The summed E-state index contributed by atoms with van der Waals surface area (Å²) in [5.41, 5.74) is 0.498. The van der Waals surface area contributed by atoms with E-state index >= 15 is 0 Å². The molecule has 1 unspecified atom stereocenters. The standard InChI is InChI=1S/C19H19FN2O5S2/c1-21(2)29(26,27)18-9-3-14(4-10-18)19(23)22(16-7-5-15(20)6-8-16)17-11-12-28(24,25)13-17/h3-12,17H,13H2,1-2H3. The van der Waals surface area contributed by atoms with Gasteiger partial charge < -0.3 is 4.90 Å². The summed E-state index contributed by atoms with van der Waals surface area (Å²) in [5, 5.41) is 1.05. The van der Waals surface area contributed by atoms with Crippen molar-refractivity contribution in [3.05, 3.63) is 71.4 Å². The second-order valence-corrected chi connectivity index (χ2v) is 10.8. The van der Waals surface area contributed by atoms with Crippen LogP contribution in [0.4, 0.5) is 10.1 Å². The average Bonchev–Trinajstić information content (AvgIpc) is 3.02. The number of carbonyl (C=O) groups excluding carboxylic acids is 1. The first kappa shape index (κ1) is 21.2. The molecule has 1 amide bonds. The van der Waals surface area contributed by atoms with Crippen LogP contribution in [0.5, 0.6) is 0 Å². The topological polar surface area (TPSA) is 91.8 Å². The van der Waals surface area contributed by atoms with Crippen molar-refractivity contribution in [2.24, 2.45) is 0 Å². The van der Waals surface area contributed by atoms with Gasteiger partial charge in [0.1, 0.15) is 5.82 Å². The third-order valence-electron chi connectivity index (χ3n) is 4.45. The Balaban J connectivity index is 1.99. The summed E-state index contributed by atoms with van der Waals surface area (Å²) in [4.78, 5) is 14.5. The Bertz CT molecular complexity index is 1160. The number of sulfone groups is 1. The number of halogens is 1. The van der Waals surface area contributed by atoms with Crippen molar-refractivity contribution in [2.75, 3.05) is 24.7 Å². The van der Waals surface area contributed by atoms with Gasteiger partial charge >= 0.3 is 0 Å². The first-order valence-electron chi connectivity index (χ1n) is 8.54. The van der Waals surface area contributed by atoms with Crippen LogP contribution in [0, 0.1) is 5.82 Å². The summed E-state index contributed by atoms with van der Waals surface area (Å²) in [5.74, 6) is -1.31. The predicted octanol–water partition coefficient (Wildman–Crippen LogP) is 2.03. The van der Waals surface area contributed by atoms with Gasteiger partial charge in [-0.15, -0.1) is 0 Å². The minimum Gasteiger partial charge on any atom is -0.300 e. The van der Waals surface area contributed by atoms with Crippen molar-refractivity contribution in [3.8, 4) is 0 Å². The molecule has 0 aromatic heterocycles. The van der Waals surface area contributed by atoms with E-state index < -0.39 is 37.6 Å². The third kappa shape index (κ3) is 4.39. The van der Waals surface area contributed by atoms with Crippen molar-refractivity contribution >= 4 is 31.5 Å². The Morgan fingerprint density at radius 1 is 1.03 bits per heavy atom. The lowest BCUT2D eigenvalue weighted by molar-refractivity contribution is 0.0983. The third-order valence-corrected chi connectivity index (χ3v) is 7.65. The highest BCUT2D eigenvalue weighted by atomic mass is 32.2. The lowest BCUT2D eigenvalue weighted by Crippen LogP contribution is -2.41. The quantitative estimate of drug-likeness (QED) is 0.712. The molecular formula is C19H19FN2O5S2. The van der Waals surface area contributed by atoms with Crippen LogP contribution in [0.15, 0.2) is 64.9 Å². The van der Waals surface area contributed by atoms with E-state index in [4.69, 9.17) is 0 Å². The first-order valence-corrected chi connectivity index (χ1v) is 11.7. The minimum absolute atomic E-state index is 0.0238. The monoisotopic (exact) mass is 438 g/mol. The van der Waals surface area contributed by atoms with Crippen LogP contribution in [0.3, 0.4) is 0 Å². The molecule has 0 N–H and O–H groups in total. The van der Waals surface area contributed by atoms with E-state index in [1.807, 2.05) is 0 Å². The zero-order chi connectivity index (χ0) is 21.4. The van der Waals surface area contributed by atoms with Gasteiger partial charge in [0.25, 0.3) is 5.91 Å². The van der Waals surface area contributed by atoms with E-state index in [1.165, 1.54) is 73.6 Å². The summed E-state index contributed by atoms with van der Waals surface area (Å²) >= 11 is 0. The SMILES string of the molecule is CN(C)S(=O)(=O)c1ccc(C(=O)N(c2ccc(F)cc2)C2C=CS(=O)(=O)C2)cc1. The molecule has 3 rings (SSSR count). The number of sulfonamides is 1. The minimum atomic E-state index is -3.65. The van der Waals surface area contributed by atoms with E-state index in [2.05, 4.69) is 0 Å². The lowest BCUT2D eigenvalue weighted by atomic mass is 10.1. The maximum Gasteiger partial charge on any atom is 0.258 e. The molecule has 1 aliphatic heterocycles. The predicted molar refractivity (Wildman–Crippen MR) is 107 cm³/mol. The summed E-state index contributed by atoms with van der Waals surface area (Å²) in [7, 11) is -4.29. The fourth-order valence-electron chi connectivity index (χ4n) is 2.90. The second kappa shape index (κ2) is 7.69. The van der Waals surface area contributed by atoms with E-state index in [1.54, 1.807) is 0 Å². The molecule has 0 bridgehead atoms. The van der Waals surface area contributed by atoms with Crippen molar-refractivity contribution in [2.45, 2.75) is 10.9 Å².